The first-order valence-corrected chi connectivity index (χ1v) is 6.79. The molecule has 1 aromatic rings. The van der Waals surface area contributed by atoms with E-state index in [4.69, 9.17) is 0 Å². The minimum absolute atomic E-state index is 0.100. The molecule has 0 spiro atoms. The summed E-state index contributed by atoms with van der Waals surface area (Å²) in [5.41, 5.74) is 2.71. The van der Waals surface area contributed by atoms with E-state index < -0.39 is 0 Å². The third-order valence-electron chi connectivity index (χ3n) is 3.33. The lowest BCUT2D eigenvalue weighted by molar-refractivity contribution is 0.103. The number of hydrogen-bond donors (Lipinski definition) is 1. The number of carbonyl (C=O) groups excluding carboxylic acids is 1. The number of benzene rings is 1. The summed E-state index contributed by atoms with van der Waals surface area (Å²) in [4.78, 5) is 12.5. The van der Waals surface area contributed by atoms with Gasteiger partial charge in [-0.3, -0.25) is 4.79 Å². The van der Waals surface area contributed by atoms with Gasteiger partial charge in [0.1, 0.15) is 0 Å². The van der Waals surface area contributed by atoms with Crippen molar-refractivity contribution in [3.63, 3.8) is 0 Å². The molecule has 1 N–H and O–H groups in total. The SMILES string of the molecule is CCNC1=C(C(=O)c2ccccc2)C=CC(C)(C)C1. The summed E-state index contributed by atoms with van der Waals surface area (Å²) in [5.74, 6) is 0.100. The van der Waals surface area contributed by atoms with Crippen molar-refractivity contribution in [3.05, 3.63) is 59.3 Å². The quantitative estimate of drug-likeness (QED) is 0.831. The average Bonchev–Trinajstić information content (AvgIpc) is 2.39. The molecule has 100 valence electrons. The van der Waals surface area contributed by atoms with Gasteiger partial charge in [0.05, 0.1) is 0 Å². The molecule has 2 rings (SSSR count). The van der Waals surface area contributed by atoms with E-state index in [9.17, 15) is 4.79 Å². The summed E-state index contributed by atoms with van der Waals surface area (Å²) in [6.45, 7) is 7.27. The van der Waals surface area contributed by atoms with Crippen molar-refractivity contribution in [2.24, 2.45) is 5.41 Å². The second kappa shape index (κ2) is 5.43. The Morgan fingerprint density at radius 2 is 1.95 bits per heavy atom. The van der Waals surface area contributed by atoms with Crippen LogP contribution in [0.25, 0.3) is 0 Å². The summed E-state index contributed by atoms with van der Waals surface area (Å²) in [6.07, 6.45) is 4.98. The largest absolute Gasteiger partial charge is 0.388 e. The van der Waals surface area contributed by atoms with Crippen LogP contribution in [-0.4, -0.2) is 12.3 Å². The number of Topliss-reactive ketones (excluding diaryl/α,β-unsaturated/α-hetero) is 1. The summed E-state index contributed by atoms with van der Waals surface area (Å²) in [6, 6.07) is 9.46. The first-order valence-electron chi connectivity index (χ1n) is 6.79. The van der Waals surface area contributed by atoms with E-state index in [-0.39, 0.29) is 11.2 Å². The van der Waals surface area contributed by atoms with Gasteiger partial charge in [-0.2, -0.15) is 0 Å². The Morgan fingerprint density at radius 1 is 1.26 bits per heavy atom. The summed E-state index contributed by atoms with van der Waals surface area (Å²) in [5, 5.41) is 3.35. The normalized spacial score (nSPS) is 17.4. The van der Waals surface area contributed by atoms with Gasteiger partial charge >= 0.3 is 0 Å². The van der Waals surface area contributed by atoms with Gasteiger partial charge < -0.3 is 5.32 Å². The summed E-state index contributed by atoms with van der Waals surface area (Å²) >= 11 is 0. The molecular weight excluding hydrogens is 234 g/mol. The van der Waals surface area contributed by atoms with Crippen molar-refractivity contribution >= 4 is 5.78 Å². The van der Waals surface area contributed by atoms with Crippen molar-refractivity contribution < 1.29 is 4.79 Å². The fraction of sp³-hybridized carbons (Fsp3) is 0.353. The van der Waals surface area contributed by atoms with E-state index in [1.54, 1.807) is 0 Å². The second-order valence-electron chi connectivity index (χ2n) is 5.62. The summed E-state index contributed by atoms with van der Waals surface area (Å²) < 4.78 is 0. The zero-order valence-electron chi connectivity index (χ0n) is 11.9. The highest BCUT2D eigenvalue weighted by atomic mass is 16.1. The lowest BCUT2D eigenvalue weighted by atomic mass is 9.80. The van der Waals surface area contributed by atoms with Crippen LogP contribution in [0.4, 0.5) is 0 Å². The predicted octanol–water partition coefficient (Wildman–Crippen LogP) is 3.72. The van der Waals surface area contributed by atoms with Crippen molar-refractivity contribution in [3.8, 4) is 0 Å². The number of carbonyl (C=O) groups is 1. The summed E-state index contributed by atoms with van der Waals surface area (Å²) in [7, 11) is 0. The topological polar surface area (TPSA) is 29.1 Å². The van der Waals surface area contributed by atoms with Gasteiger partial charge in [0.2, 0.25) is 0 Å². The standard InChI is InChI=1S/C17H21NO/c1-4-18-15-12-17(2,3)11-10-14(15)16(19)13-8-6-5-7-9-13/h5-11,18H,4,12H2,1-3H3. The fourth-order valence-electron chi connectivity index (χ4n) is 2.35. The van der Waals surface area contributed by atoms with Crippen LogP contribution < -0.4 is 5.32 Å². The monoisotopic (exact) mass is 255 g/mol. The molecule has 1 aliphatic rings. The lowest BCUT2D eigenvalue weighted by Gasteiger charge is -2.28. The van der Waals surface area contributed by atoms with E-state index in [0.717, 1.165) is 29.8 Å². The Morgan fingerprint density at radius 3 is 2.58 bits per heavy atom. The van der Waals surface area contributed by atoms with Crippen LogP contribution in [0.15, 0.2) is 53.8 Å². The number of hydrogen-bond acceptors (Lipinski definition) is 2. The molecule has 0 aliphatic heterocycles. The first-order chi connectivity index (χ1) is 9.03. The predicted molar refractivity (Wildman–Crippen MR) is 79.0 cm³/mol. The molecule has 0 atom stereocenters. The third kappa shape index (κ3) is 3.14. The molecule has 19 heavy (non-hydrogen) atoms. The van der Waals surface area contributed by atoms with E-state index in [1.165, 1.54) is 0 Å². The Bertz CT molecular complexity index is 523. The maximum Gasteiger partial charge on any atom is 0.194 e. The number of nitrogens with one attached hydrogen (secondary N) is 1. The van der Waals surface area contributed by atoms with Gasteiger partial charge in [0.25, 0.3) is 0 Å². The van der Waals surface area contributed by atoms with Crippen LogP contribution in [-0.2, 0) is 0 Å². The number of allylic oxidation sites excluding steroid dienone is 4. The molecule has 0 amide bonds. The minimum atomic E-state index is 0.100. The van der Waals surface area contributed by atoms with Gasteiger partial charge in [0.15, 0.2) is 5.78 Å². The van der Waals surface area contributed by atoms with E-state index in [1.807, 2.05) is 36.4 Å². The van der Waals surface area contributed by atoms with Gasteiger partial charge in [-0.1, -0.05) is 56.3 Å². The second-order valence-corrected chi connectivity index (χ2v) is 5.62. The first kappa shape index (κ1) is 13.6. The highest BCUT2D eigenvalue weighted by molar-refractivity contribution is 6.11. The maximum absolute atomic E-state index is 12.5. The zero-order valence-corrected chi connectivity index (χ0v) is 11.9. The molecule has 0 unspecified atom stereocenters. The molecule has 1 aromatic carbocycles. The van der Waals surface area contributed by atoms with Crippen LogP contribution in [0.5, 0.6) is 0 Å². The maximum atomic E-state index is 12.5. The molecule has 0 fully saturated rings. The average molecular weight is 255 g/mol. The van der Waals surface area contributed by atoms with E-state index >= 15 is 0 Å². The van der Waals surface area contributed by atoms with Gasteiger partial charge in [-0.25, -0.2) is 0 Å². The van der Waals surface area contributed by atoms with Crippen LogP contribution >= 0.6 is 0 Å². The third-order valence-corrected chi connectivity index (χ3v) is 3.33. The molecule has 0 aromatic heterocycles. The Balaban J connectivity index is 2.36. The minimum Gasteiger partial charge on any atom is -0.388 e. The van der Waals surface area contributed by atoms with E-state index in [2.05, 4.69) is 32.2 Å². The molecule has 2 heteroatoms. The Labute approximate surface area is 115 Å². The fourth-order valence-corrected chi connectivity index (χ4v) is 2.35. The number of ketones is 1. The molecule has 2 nitrogen and oxygen atoms in total. The molecule has 0 saturated heterocycles. The van der Waals surface area contributed by atoms with Crippen LogP contribution in [0.1, 0.15) is 37.6 Å². The van der Waals surface area contributed by atoms with Gasteiger partial charge in [0, 0.05) is 23.4 Å². The molecule has 1 aliphatic carbocycles. The van der Waals surface area contributed by atoms with Crippen LogP contribution in [0.2, 0.25) is 0 Å². The zero-order chi connectivity index (χ0) is 13.9. The molecule has 0 saturated carbocycles. The van der Waals surface area contributed by atoms with E-state index in [0.29, 0.717) is 0 Å². The van der Waals surface area contributed by atoms with Crippen molar-refractivity contribution in [1.29, 1.82) is 0 Å². The highest BCUT2D eigenvalue weighted by Crippen LogP contribution is 2.33. The Hall–Kier alpha value is -1.83. The van der Waals surface area contributed by atoms with Crippen LogP contribution in [0.3, 0.4) is 0 Å². The smallest absolute Gasteiger partial charge is 0.194 e. The molecular formula is C17H21NO. The van der Waals surface area contributed by atoms with Crippen molar-refractivity contribution in [2.45, 2.75) is 27.2 Å². The molecule has 0 radical (unpaired) electrons. The van der Waals surface area contributed by atoms with Crippen molar-refractivity contribution in [1.82, 2.24) is 5.32 Å². The van der Waals surface area contributed by atoms with Gasteiger partial charge in [-0.15, -0.1) is 0 Å². The molecule has 0 bridgehead atoms. The van der Waals surface area contributed by atoms with Gasteiger partial charge in [-0.05, 0) is 18.8 Å². The van der Waals surface area contributed by atoms with Crippen molar-refractivity contribution in [2.75, 3.05) is 6.54 Å². The van der Waals surface area contributed by atoms with Crippen LogP contribution in [0, 0.1) is 5.41 Å². The highest BCUT2D eigenvalue weighted by Gasteiger charge is 2.25. The Kier molecular flexibility index (Phi) is 3.89. The lowest BCUT2D eigenvalue weighted by Crippen LogP contribution is -2.25. The molecule has 0 heterocycles. The number of rotatable bonds is 4.